The first-order chi connectivity index (χ1) is 15.1. The minimum absolute atomic E-state index is 0.0498. The van der Waals surface area contributed by atoms with Crippen molar-refractivity contribution in [3.8, 4) is 0 Å². The maximum Gasteiger partial charge on any atom is 0.0469 e. The van der Waals surface area contributed by atoms with Gasteiger partial charge in [0.05, 0.1) is 0 Å². The number of nitrogens with one attached hydrogen (secondary N) is 1. The van der Waals surface area contributed by atoms with Crippen LogP contribution in [0.3, 0.4) is 0 Å². The highest BCUT2D eigenvalue weighted by Crippen LogP contribution is 2.50. The summed E-state index contributed by atoms with van der Waals surface area (Å²) in [7, 11) is 0. The van der Waals surface area contributed by atoms with E-state index in [1.165, 1.54) is 35.3 Å². The van der Waals surface area contributed by atoms with E-state index in [1.54, 1.807) is 11.9 Å². The second kappa shape index (κ2) is 9.89. The third-order valence-electron chi connectivity index (χ3n) is 6.88. The topological polar surface area (TPSA) is 18.5 Å². The van der Waals surface area contributed by atoms with E-state index >= 15 is 0 Å². The van der Waals surface area contributed by atoms with Gasteiger partial charge in [-0.15, -0.1) is 0 Å². The Morgan fingerprint density at radius 1 is 1.16 bits per heavy atom. The van der Waals surface area contributed by atoms with Crippen LogP contribution in [0.15, 0.2) is 54.7 Å². The van der Waals surface area contributed by atoms with Crippen LogP contribution in [-0.2, 0) is 11.8 Å². The van der Waals surface area contributed by atoms with Gasteiger partial charge in [-0.05, 0) is 93.2 Å². The average Bonchev–Trinajstić information content (AvgIpc) is 3.05. The Balaban J connectivity index is 1.28. The van der Waals surface area contributed by atoms with Crippen LogP contribution in [0, 0.1) is 0 Å². The number of hydrogen-bond donors (Lipinski definition) is 1. The van der Waals surface area contributed by atoms with Crippen molar-refractivity contribution in [3.05, 3.63) is 70.9 Å². The summed E-state index contributed by atoms with van der Waals surface area (Å²) in [5.74, 6) is 0. The number of allylic oxidation sites excluding steroid dienone is 1. The third kappa shape index (κ3) is 4.76. The van der Waals surface area contributed by atoms with Crippen molar-refractivity contribution in [3.63, 3.8) is 0 Å². The monoisotopic (exact) mass is 455 g/mol. The molecule has 0 bridgehead atoms. The second-order valence-corrected chi connectivity index (χ2v) is 10.0. The molecule has 2 aromatic rings. The Morgan fingerprint density at radius 3 is 2.58 bits per heavy atom. The molecule has 3 nitrogen and oxygen atoms in total. The molecule has 5 heteroatoms. The lowest BCUT2D eigenvalue weighted by Gasteiger charge is -2.40. The summed E-state index contributed by atoms with van der Waals surface area (Å²) in [5, 5.41) is 4.33. The minimum Gasteiger partial charge on any atom is -0.358 e. The van der Waals surface area contributed by atoms with Crippen molar-refractivity contribution in [1.82, 2.24) is 4.90 Å². The van der Waals surface area contributed by atoms with Gasteiger partial charge in [0.1, 0.15) is 0 Å². The summed E-state index contributed by atoms with van der Waals surface area (Å²) < 4.78 is 2.37. The summed E-state index contributed by atoms with van der Waals surface area (Å²) in [6.45, 7) is 11.1. The van der Waals surface area contributed by atoms with Crippen LogP contribution in [0.4, 0.5) is 11.4 Å². The molecule has 2 aromatic carbocycles. The molecule has 166 valence electrons. The maximum absolute atomic E-state index is 6.31. The Kier molecular flexibility index (Phi) is 7.20. The summed E-state index contributed by atoms with van der Waals surface area (Å²) in [6.07, 6.45) is 7.89. The van der Waals surface area contributed by atoms with Gasteiger partial charge in [0.2, 0.25) is 0 Å². The van der Waals surface area contributed by atoms with Gasteiger partial charge in [-0.3, -0.25) is 0 Å². The van der Waals surface area contributed by atoms with Gasteiger partial charge in [-0.1, -0.05) is 49.2 Å². The lowest BCUT2D eigenvalue weighted by Crippen LogP contribution is -2.43. The van der Waals surface area contributed by atoms with Crippen LogP contribution in [0.5, 0.6) is 0 Å². The molecule has 0 radical (unpaired) electrons. The highest BCUT2D eigenvalue weighted by molar-refractivity contribution is 7.99. The van der Waals surface area contributed by atoms with Crippen molar-refractivity contribution in [1.29, 1.82) is 0 Å². The average molecular weight is 456 g/mol. The zero-order valence-corrected chi connectivity index (χ0v) is 20.4. The Hall–Kier alpha value is -1.62. The predicted molar refractivity (Wildman–Crippen MR) is 137 cm³/mol. The van der Waals surface area contributed by atoms with E-state index in [4.69, 9.17) is 11.6 Å². The van der Waals surface area contributed by atoms with E-state index in [2.05, 4.69) is 70.7 Å². The van der Waals surface area contributed by atoms with Crippen molar-refractivity contribution in [2.45, 2.75) is 44.4 Å². The van der Waals surface area contributed by atoms with Crippen molar-refractivity contribution < 1.29 is 0 Å². The molecular weight excluding hydrogens is 422 g/mol. The molecule has 1 fully saturated rings. The van der Waals surface area contributed by atoms with E-state index < -0.39 is 0 Å². The lowest BCUT2D eigenvalue weighted by molar-refractivity contribution is 0.179. The van der Waals surface area contributed by atoms with Crippen molar-refractivity contribution in [2.75, 3.05) is 42.1 Å². The number of halogens is 1. The molecule has 0 aromatic heterocycles. The number of nitrogens with zero attached hydrogens (tertiary/aromatic N) is 2. The molecule has 0 unspecified atom stereocenters. The van der Waals surface area contributed by atoms with Gasteiger partial charge in [0.15, 0.2) is 0 Å². The zero-order valence-electron chi connectivity index (χ0n) is 18.8. The van der Waals surface area contributed by atoms with Crippen LogP contribution in [0.25, 0.3) is 0 Å². The summed E-state index contributed by atoms with van der Waals surface area (Å²) in [5.41, 5.74) is 6.47. The van der Waals surface area contributed by atoms with E-state index in [1.807, 2.05) is 6.07 Å². The maximum atomic E-state index is 6.31. The summed E-state index contributed by atoms with van der Waals surface area (Å²) >= 11 is 8.11. The molecule has 1 N–H and O–H groups in total. The van der Waals surface area contributed by atoms with Gasteiger partial charge in [0.25, 0.3) is 0 Å². The van der Waals surface area contributed by atoms with Crippen LogP contribution in [-0.4, -0.2) is 37.3 Å². The standard InChI is InChI=1S/C26H34ClN3S/c1-4-15-30(31-3)23-10-7-21(8-11-23)6-5-16-29-17-13-26(14-18-29)20(2)28-25-12-9-22(27)19-24(25)26/h7-12,19,28H,2,4-6,13-18H2,1,3H3. The molecule has 0 aliphatic carbocycles. The van der Waals surface area contributed by atoms with Crippen LogP contribution < -0.4 is 9.62 Å². The molecular formula is C26H34ClN3S. The fourth-order valence-corrected chi connectivity index (χ4v) is 5.93. The van der Waals surface area contributed by atoms with Crippen LogP contribution in [0.2, 0.25) is 5.02 Å². The SMILES string of the molecule is C=C1Nc2ccc(Cl)cc2C12CCN(CCCc1ccc(N(CCC)SC)cc1)CC2. The molecule has 4 rings (SSSR count). The molecule has 2 aliphatic rings. The van der Waals surface area contributed by atoms with Gasteiger partial charge in [-0.2, -0.15) is 0 Å². The van der Waals surface area contributed by atoms with Crippen molar-refractivity contribution in [2.24, 2.45) is 0 Å². The smallest absolute Gasteiger partial charge is 0.0469 e. The van der Waals surface area contributed by atoms with E-state index in [-0.39, 0.29) is 5.41 Å². The first-order valence-electron chi connectivity index (χ1n) is 11.4. The Labute approximate surface area is 197 Å². The lowest BCUT2D eigenvalue weighted by atomic mass is 9.72. The highest BCUT2D eigenvalue weighted by Gasteiger charge is 2.44. The number of likely N-dealkylation sites (tertiary alicyclic amines) is 1. The Bertz CT molecular complexity index is 903. The number of aryl methyl sites for hydroxylation is 1. The molecule has 1 saturated heterocycles. The number of fused-ring (bicyclic) bond motifs is 2. The number of rotatable bonds is 8. The quantitative estimate of drug-likeness (QED) is 0.444. The van der Waals surface area contributed by atoms with E-state index in [9.17, 15) is 0 Å². The first kappa shape index (κ1) is 22.6. The van der Waals surface area contributed by atoms with Gasteiger partial charge >= 0.3 is 0 Å². The number of anilines is 2. The highest BCUT2D eigenvalue weighted by atomic mass is 35.5. The molecule has 0 saturated carbocycles. The third-order valence-corrected chi connectivity index (χ3v) is 7.95. The van der Waals surface area contributed by atoms with Gasteiger partial charge in [-0.25, -0.2) is 0 Å². The van der Waals surface area contributed by atoms with Crippen LogP contribution >= 0.6 is 23.5 Å². The number of piperidine rings is 1. The second-order valence-electron chi connectivity index (χ2n) is 8.77. The molecule has 2 heterocycles. The van der Waals surface area contributed by atoms with Crippen molar-refractivity contribution >= 4 is 34.9 Å². The summed E-state index contributed by atoms with van der Waals surface area (Å²) in [4.78, 5) is 2.62. The first-order valence-corrected chi connectivity index (χ1v) is 13.0. The normalized spacial score (nSPS) is 17.6. The largest absolute Gasteiger partial charge is 0.358 e. The fourth-order valence-electron chi connectivity index (χ4n) is 5.06. The predicted octanol–water partition coefficient (Wildman–Crippen LogP) is 6.74. The molecule has 0 atom stereocenters. The van der Waals surface area contributed by atoms with E-state index in [0.29, 0.717) is 0 Å². The number of benzene rings is 2. The van der Waals surface area contributed by atoms with Crippen LogP contribution in [0.1, 0.15) is 43.7 Å². The minimum atomic E-state index is 0.0498. The molecule has 1 spiro atoms. The van der Waals surface area contributed by atoms with E-state index in [0.717, 1.165) is 56.2 Å². The zero-order chi connectivity index (χ0) is 21.8. The molecule has 2 aliphatic heterocycles. The molecule has 0 amide bonds. The number of hydrogen-bond acceptors (Lipinski definition) is 4. The summed E-state index contributed by atoms with van der Waals surface area (Å²) in [6, 6.07) is 15.3. The van der Waals surface area contributed by atoms with Gasteiger partial charge in [0, 0.05) is 40.3 Å². The molecule has 31 heavy (non-hydrogen) atoms. The Morgan fingerprint density at radius 2 is 1.90 bits per heavy atom. The van der Waals surface area contributed by atoms with Gasteiger partial charge < -0.3 is 14.5 Å². The fraction of sp³-hybridized carbons (Fsp3) is 0.462.